The molecule has 0 aliphatic carbocycles. The molecule has 6 heavy (non-hydrogen) atoms. The van der Waals surface area contributed by atoms with Gasteiger partial charge in [-0.25, -0.2) is 0 Å². The van der Waals surface area contributed by atoms with E-state index in [1.807, 2.05) is 6.20 Å². The molecule has 2 heteroatoms. The van der Waals surface area contributed by atoms with Gasteiger partial charge in [-0.05, 0) is 12.6 Å². The summed E-state index contributed by atoms with van der Waals surface area (Å²) in [5.74, 6) is 0. The molecule has 0 aromatic carbocycles. The maximum absolute atomic E-state index is 3.36. The second-order valence-corrected chi connectivity index (χ2v) is 2.38. The minimum atomic E-state index is 0.498. The van der Waals surface area contributed by atoms with E-state index in [4.69, 9.17) is 0 Å². The number of halogens is 1. The molecule has 1 nitrogen and oxygen atoms in total. The van der Waals surface area contributed by atoms with Crippen molar-refractivity contribution in [2.45, 2.75) is 11.4 Å². The van der Waals surface area contributed by atoms with E-state index in [1.54, 1.807) is 0 Å². The van der Waals surface area contributed by atoms with Gasteiger partial charge in [0.15, 0.2) is 0 Å². The molecule has 1 aliphatic rings. The Morgan fingerprint density at radius 2 is 2.67 bits per heavy atom. The molecule has 0 bridgehead atoms. The zero-order valence-electron chi connectivity index (χ0n) is 3.32. The van der Waals surface area contributed by atoms with E-state index in [1.165, 1.54) is 0 Å². The van der Waals surface area contributed by atoms with E-state index in [2.05, 4.69) is 27.3 Å². The van der Waals surface area contributed by atoms with Crippen LogP contribution in [0.15, 0.2) is 12.3 Å². The predicted octanol–water partition coefficient (Wildman–Crippen LogP) is 1.21. The quantitative estimate of drug-likeness (QED) is 0.402. The third kappa shape index (κ3) is 0.744. The van der Waals surface area contributed by atoms with Gasteiger partial charge < -0.3 is 5.32 Å². The van der Waals surface area contributed by atoms with Gasteiger partial charge in [0.25, 0.3) is 0 Å². The molecule has 0 saturated carbocycles. The van der Waals surface area contributed by atoms with Gasteiger partial charge in [0.2, 0.25) is 0 Å². The van der Waals surface area contributed by atoms with Gasteiger partial charge in [-0.2, -0.15) is 0 Å². The zero-order valence-corrected chi connectivity index (χ0v) is 4.90. The summed E-state index contributed by atoms with van der Waals surface area (Å²) in [4.78, 5) is 0.498. The molecule has 1 aliphatic heterocycles. The number of alkyl halides is 1. The molecular formula is C4H6BrN. The lowest BCUT2D eigenvalue weighted by Crippen LogP contribution is -2.08. The molecule has 1 heterocycles. The van der Waals surface area contributed by atoms with E-state index in [0.29, 0.717) is 4.95 Å². The van der Waals surface area contributed by atoms with E-state index in [0.717, 1.165) is 6.42 Å². The Hall–Kier alpha value is 0.0200. The summed E-state index contributed by atoms with van der Waals surface area (Å²) in [6.07, 6.45) is 5.17. The van der Waals surface area contributed by atoms with Crippen molar-refractivity contribution in [3.05, 3.63) is 12.3 Å². The van der Waals surface area contributed by atoms with E-state index < -0.39 is 0 Å². The van der Waals surface area contributed by atoms with Crippen LogP contribution in [-0.2, 0) is 0 Å². The van der Waals surface area contributed by atoms with Crippen molar-refractivity contribution in [2.75, 3.05) is 0 Å². The molecule has 0 saturated heterocycles. The summed E-state index contributed by atoms with van der Waals surface area (Å²) in [7, 11) is 0. The van der Waals surface area contributed by atoms with Crippen molar-refractivity contribution < 1.29 is 0 Å². The normalized spacial score (nSPS) is 30.5. The topological polar surface area (TPSA) is 12.0 Å². The minimum Gasteiger partial charge on any atom is -0.379 e. The fourth-order valence-electron chi connectivity index (χ4n) is 0.428. The van der Waals surface area contributed by atoms with E-state index >= 15 is 0 Å². The van der Waals surface area contributed by atoms with E-state index in [-0.39, 0.29) is 0 Å². The van der Waals surface area contributed by atoms with Crippen LogP contribution in [0.2, 0.25) is 0 Å². The van der Waals surface area contributed by atoms with Gasteiger partial charge in [0, 0.05) is 0 Å². The molecular weight excluding hydrogens is 142 g/mol. The highest BCUT2D eigenvalue weighted by molar-refractivity contribution is 9.09. The summed E-state index contributed by atoms with van der Waals surface area (Å²) < 4.78 is 0. The van der Waals surface area contributed by atoms with Gasteiger partial charge in [0.05, 0.1) is 4.95 Å². The Kier molecular flexibility index (Phi) is 1.15. The molecule has 1 unspecified atom stereocenters. The van der Waals surface area contributed by atoms with E-state index in [9.17, 15) is 0 Å². The molecule has 0 amide bonds. The highest BCUT2D eigenvalue weighted by Crippen LogP contribution is 2.05. The first-order valence-electron chi connectivity index (χ1n) is 1.95. The molecule has 1 atom stereocenters. The lowest BCUT2D eigenvalue weighted by atomic mass is 10.5. The smallest absolute Gasteiger partial charge is 0.0848 e. The van der Waals surface area contributed by atoms with Gasteiger partial charge in [-0.15, -0.1) is 0 Å². The first-order chi connectivity index (χ1) is 2.89. The number of rotatable bonds is 0. The van der Waals surface area contributed by atoms with Crippen LogP contribution in [-0.4, -0.2) is 4.95 Å². The maximum Gasteiger partial charge on any atom is 0.0848 e. The Balaban J connectivity index is 2.32. The van der Waals surface area contributed by atoms with Crippen LogP contribution < -0.4 is 5.32 Å². The van der Waals surface area contributed by atoms with Crippen LogP contribution in [0.5, 0.6) is 0 Å². The summed E-state index contributed by atoms with van der Waals surface area (Å²) in [5.41, 5.74) is 0. The van der Waals surface area contributed by atoms with Crippen LogP contribution in [0.3, 0.4) is 0 Å². The van der Waals surface area contributed by atoms with Crippen LogP contribution in [0.1, 0.15) is 6.42 Å². The number of hydrogen-bond donors (Lipinski definition) is 1. The van der Waals surface area contributed by atoms with Crippen molar-refractivity contribution >= 4 is 15.9 Å². The Morgan fingerprint density at radius 3 is 2.83 bits per heavy atom. The third-order valence-corrected chi connectivity index (χ3v) is 1.38. The van der Waals surface area contributed by atoms with Crippen LogP contribution >= 0.6 is 15.9 Å². The van der Waals surface area contributed by atoms with Crippen LogP contribution in [0, 0.1) is 0 Å². The van der Waals surface area contributed by atoms with Gasteiger partial charge in [-0.1, -0.05) is 22.0 Å². The van der Waals surface area contributed by atoms with Crippen molar-refractivity contribution in [2.24, 2.45) is 0 Å². The van der Waals surface area contributed by atoms with Crippen molar-refractivity contribution in [1.29, 1.82) is 0 Å². The average molecular weight is 148 g/mol. The maximum atomic E-state index is 3.36. The number of nitrogens with one attached hydrogen (secondary N) is 1. The largest absolute Gasteiger partial charge is 0.379 e. The Bertz CT molecular complexity index is 61.9. The molecule has 0 radical (unpaired) electrons. The number of hydrogen-bond acceptors (Lipinski definition) is 1. The van der Waals surface area contributed by atoms with Crippen molar-refractivity contribution in [1.82, 2.24) is 5.32 Å². The standard InChI is InChI=1S/C4H6BrN/c5-4-2-1-3-6-4/h1,3-4,6H,2H2. The summed E-state index contributed by atoms with van der Waals surface area (Å²) in [6, 6.07) is 0. The first-order valence-corrected chi connectivity index (χ1v) is 2.86. The zero-order chi connectivity index (χ0) is 4.41. The fraction of sp³-hybridized carbons (Fsp3) is 0.500. The van der Waals surface area contributed by atoms with Crippen molar-refractivity contribution in [3.8, 4) is 0 Å². The molecule has 34 valence electrons. The highest BCUT2D eigenvalue weighted by Gasteiger charge is 1.99. The second kappa shape index (κ2) is 1.65. The van der Waals surface area contributed by atoms with Gasteiger partial charge in [-0.3, -0.25) is 0 Å². The minimum absolute atomic E-state index is 0.498. The second-order valence-electron chi connectivity index (χ2n) is 1.27. The van der Waals surface area contributed by atoms with Gasteiger partial charge in [0.1, 0.15) is 0 Å². The first kappa shape index (κ1) is 4.19. The molecule has 0 aromatic heterocycles. The average Bonchev–Trinajstić information content (AvgIpc) is 1.86. The fourth-order valence-corrected chi connectivity index (χ4v) is 0.796. The summed E-state index contributed by atoms with van der Waals surface area (Å²) in [6.45, 7) is 0. The van der Waals surface area contributed by atoms with Crippen LogP contribution in [0.25, 0.3) is 0 Å². The van der Waals surface area contributed by atoms with Crippen molar-refractivity contribution in [3.63, 3.8) is 0 Å². The monoisotopic (exact) mass is 147 g/mol. The molecule has 1 rings (SSSR count). The Labute approximate surface area is 45.6 Å². The molecule has 0 aromatic rings. The van der Waals surface area contributed by atoms with Gasteiger partial charge >= 0.3 is 0 Å². The molecule has 0 fully saturated rings. The lowest BCUT2D eigenvalue weighted by Gasteiger charge is -1.94. The summed E-state index contributed by atoms with van der Waals surface area (Å²) in [5, 5.41) is 3.06. The third-order valence-electron chi connectivity index (χ3n) is 0.738. The predicted molar refractivity (Wildman–Crippen MR) is 29.6 cm³/mol. The lowest BCUT2D eigenvalue weighted by molar-refractivity contribution is 0.865. The highest BCUT2D eigenvalue weighted by atomic mass is 79.9. The Morgan fingerprint density at radius 1 is 1.83 bits per heavy atom. The van der Waals surface area contributed by atoms with Crippen LogP contribution in [0.4, 0.5) is 0 Å². The molecule has 0 spiro atoms. The summed E-state index contributed by atoms with van der Waals surface area (Å²) >= 11 is 3.36. The molecule has 1 N–H and O–H groups in total. The SMILES string of the molecule is BrC1CC=CN1.